The van der Waals surface area contributed by atoms with Gasteiger partial charge in [-0.05, 0) is 30.7 Å². The highest BCUT2D eigenvalue weighted by Crippen LogP contribution is 2.31. The number of nitrogens with one attached hydrogen (secondary N) is 1. The van der Waals surface area contributed by atoms with Crippen molar-refractivity contribution in [1.82, 2.24) is 5.32 Å². The summed E-state index contributed by atoms with van der Waals surface area (Å²) in [7, 11) is 0. The highest BCUT2D eigenvalue weighted by molar-refractivity contribution is 5.25. The van der Waals surface area contributed by atoms with Crippen LogP contribution in [0.1, 0.15) is 46.6 Å². The summed E-state index contributed by atoms with van der Waals surface area (Å²) in [6.07, 6.45) is 1.45. The van der Waals surface area contributed by atoms with Gasteiger partial charge in [0.1, 0.15) is 0 Å². The molecule has 0 bridgehead atoms. The summed E-state index contributed by atoms with van der Waals surface area (Å²) in [5.41, 5.74) is 1.23. The first-order chi connectivity index (χ1) is 9.42. The van der Waals surface area contributed by atoms with Gasteiger partial charge in [-0.3, -0.25) is 0 Å². The molecule has 112 valence electrons. The minimum absolute atomic E-state index is 0.0797. The molecular formula is C18H29NO. The second kappa shape index (κ2) is 6.28. The third-order valence-electron chi connectivity index (χ3n) is 4.30. The molecule has 3 atom stereocenters. The Morgan fingerprint density at radius 2 is 1.85 bits per heavy atom. The Balaban J connectivity index is 2.17. The number of ether oxygens (including phenoxy) is 1. The van der Waals surface area contributed by atoms with Gasteiger partial charge >= 0.3 is 0 Å². The zero-order chi connectivity index (χ0) is 14.8. The fraction of sp³-hybridized carbons (Fsp3) is 0.667. The third-order valence-corrected chi connectivity index (χ3v) is 4.30. The molecule has 1 aromatic rings. The topological polar surface area (TPSA) is 21.3 Å². The van der Waals surface area contributed by atoms with Crippen molar-refractivity contribution >= 4 is 0 Å². The predicted octanol–water partition coefficient (Wildman–Crippen LogP) is 3.96. The first-order valence-corrected chi connectivity index (χ1v) is 7.87. The molecule has 1 aromatic carbocycles. The first-order valence-electron chi connectivity index (χ1n) is 7.87. The third kappa shape index (κ3) is 3.42. The number of hydrogen-bond donors (Lipinski definition) is 1. The van der Waals surface area contributed by atoms with Crippen LogP contribution in [0.3, 0.4) is 0 Å². The average Bonchev–Trinajstić information content (AvgIpc) is 2.41. The minimum Gasteiger partial charge on any atom is -0.374 e. The molecule has 0 amide bonds. The molecule has 0 saturated carbocycles. The molecule has 0 aromatic heterocycles. The summed E-state index contributed by atoms with van der Waals surface area (Å²) in [4.78, 5) is 0. The molecule has 1 saturated heterocycles. The summed E-state index contributed by atoms with van der Waals surface area (Å²) < 4.78 is 6.27. The van der Waals surface area contributed by atoms with Gasteiger partial charge in [0, 0.05) is 6.04 Å². The van der Waals surface area contributed by atoms with Crippen LogP contribution < -0.4 is 5.32 Å². The van der Waals surface area contributed by atoms with Crippen molar-refractivity contribution in [3.05, 3.63) is 35.9 Å². The summed E-state index contributed by atoms with van der Waals surface area (Å²) in [5, 5.41) is 3.88. The van der Waals surface area contributed by atoms with Gasteiger partial charge in [0.05, 0.1) is 18.2 Å². The zero-order valence-electron chi connectivity index (χ0n) is 13.5. The second-order valence-corrected chi connectivity index (χ2v) is 7.09. The van der Waals surface area contributed by atoms with Crippen LogP contribution in [0.2, 0.25) is 0 Å². The molecule has 0 aliphatic carbocycles. The lowest BCUT2D eigenvalue weighted by Gasteiger charge is -2.46. The highest BCUT2D eigenvalue weighted by atomic mass is 16.5. The Kier molecular flexibility index (Phi) is 4.87. The molecule has 3 unspecified atom stereocenters. The van der Waals surface area contributed by atoms with E-state index in [0.717, 1.165) is 13.0 Å². The van der Waals surface area contributed by atoms with E-state index in [9.17, 15) is 0 Å². The fourth-order valence-electron chi connectivity index (χ4n) is 3.13. The Morgan fingerprint density at radius 3 is 2.40 bits per heavy atom. The number of benzene rings is 1. The lowest BCUT2D eigenvalue weighted by molar-refractivity contribution is -0.0785. The Labute approximate surface area is 123 Å². The van der Waals surface area contributed by atoms with Crippen LogP contribution in [-0.4, -0.2) is 18.8 Å². The molecule has 20 heavy (non-hydrogen) atoms. The average molecular weight is 275 g/mol. The van der Waals surface area contributed by atoms with Crippen LogP contribution in [0.25, 0.3) is 0 Å². The smallest absolute Gasteiger partial charge is 0.0734 e. The highest BCUT2D eigenvalue weighted by Gasteiger charge is 2.40. The molecule has 2 heteroatoms. The lowest BCUT2D eigenvalue weighted by Crippen LogP contribution is -2.61. The molecule has 0 radical (unpaired) electrons. The van der Waals surface area contributed by atoms with Crippen molar-refractivity contribution in [1.29, 1.82) is 0 Å². The fourth-order valence-corrected chi connectivity index (χ4v) is 3.13. The van der Waals surface area contributed by atoms with Gasteiger partial charge in [0.15, 0.2) is 0 Å². The molecular weight excluding hydrogens is 246 g/mol. The Bertz CT molecular complexity index is 415. The maximum atomic E-state index is 6.27. The molecule has 1 fully saturated rings. The van der Waals surface area contributed by atoms with Gasteiger partial charge in [0.25, 0.3) is 0 Å². The van der Waals surface area contributed by atoms with Gasteiger partial charge < -0.3 is 10.1 Å². The van der Waals surface area contributed by atoms with E-state index in [1.807, 2.05) is 0 Å². The maximum Gasteiger partial charge on any atom is 0.0734 e. The molecule has 2 rings (SSSR count). The summed E-state index contributed by atoms with van der Waals surface area (Å²) >= 11 is 0. The number of morpholine rings is 1. The monoisotopic (exact) mass is 275 g/mol. The van der Waals surface area contributed by atoms with E-state index in [0.29, 0.717) is 24.0 Å². The van der Waals surface area contributed by atoms with E-state index >= 15 is 0 Å². The molecule has 1 aliphatic heterocycles. The predicted molar refractivity (Wildman–Crippen MR) is 84.8 cm³/mol. The van der Waals surface area contributed by atoms with E-state index in [2.05, 4.69) is 70.3 Å². The van der Waals surface area contributed by atoms with Crippen molar-refractivity contribution in [2.24, 2.45) is 11.8 Å². The molecule has 0 spiro atoms. The van der Waals surface area contributed by atoms with Crippen molar-refractivity contribution in [2.45, 2.75) is 58.7 Å². The lowest BCUT2D eigenvalue weighted by atomic mass is 9.84. The van der Waals surface area contributed by atoms with Crippen LogP contribution in [0.15, 0.2) is 30.3 Å². The van der Waals surface area contributed by atoms with E-state index in [1.54, 1.807) is 0 Å². The largest absolute Gasteiger partial charge is 0.374 e. The van der Waals surface area contributed by atoms with Crippen molar-refractivity contribution in [3.8, 4) is 0 Å². The first kappa shape index (κ1) is 15.5. The summed E-state index contributed by atoms with van der Waals surface area (Å²) in [6, 6.07) is 11.1. The van der Waals surface area contributed by atoms with Gasteiger partial charge in [-0.1, -0.05) is 58.0 Å². The van der Waals surface area contributed by atoms with Crippen LogP contribution >= 0.6 is 0 Å². The molecule has 1 aliphatic rings. The number of rotatable bonds is 4. The van der Waals surface area contributed by atoms with Crippen molar-refractivity contribution < 1.29 is 4.74 Å². The number of hydrogen-bond acceptors (Lipinski definition) is 2. The summed E-state index contributed by atoms with van der Waals surface area (Å²) in [5.74, 6) is 1.24. The van der Waals surface area contributed by atoms with E-state index in [1.165, 1.54) is 5.56 Å². The van der Waals surface area contributed by atoms with Crippen LogP contribution in [0.5, 0.6) is 0 Å². The van der Waals surface area contributed by atoms with Gasteiger partial charge in [0.2, 0.25) is 0 Å². The quantitative estimate of drug-likeness (QED) is 0.898. The zero-order valence-corrected chi connectivity index (χ0v) is 13.5. The minimum atomic E-state index is -0.0797. The van der Waals surface area contributed by atoms with Crippen LogP contribution in [0.4, 0.5) is 0 Å². The van der Waals surface area contributed by atoms with E-state index in [-0.39, 0.29) is 5.54 Å². The van der Waals surface area contributed by atoms with Gasteiger partial charge in [-0.15, -0.1) is 0 Å². The van der Waals surface area contributed by atoms with E-state index in [4.69, 9.17) is 4.74 Å². The van der Waals surface area contributed by atoms with Crippen LogP contribution in [-0.2, 0) is 10.3 Å². The Hall–Kier alpha value is -0.860. The molecule has 2 nitrogen and oxygen atoms in total. The second-order valence-electron chi connectivity index (χ2n) is 7.09. The van der Waals surface area contributed by atoms with E-state index < -0.39 is 0 Å². The molecule has 1 heterocycles. The van der Waals surface area contributed by atoms with Crippen molar-refractivity contribution in [2.75, 3.05) is 6.61 Å². The SMILES string of the molecule is CC(C)CC1OCC(C)(c2ccccc2)NC1C(C)C. The van der Waals surface area contributed by atoms with Crippen LogP contribution in [0, 0.1) is 11.8 Å². The maximum absolute atomic E-state index is 6.27. The normalized spacial score (nSPS) is 30.9. The van der Waals surface area contributed by atoms with Gasteiger partial charge in [-0.2, -0.15) is 0 Å². The molecule has 1 N–H and O–H groups in total. The summed E-state index contributed by atoms with van der Waals surface area (Å²) in [6.45, 7) is 12.1. The standard InChI is InChI=1S/C18H29NO/c1-13(2)11-16-17(14(3)4)19-18(5,12-20-16)15-9-7-6-8-10-15/h6-10,13-14,16-17,19H,11-12H2,1-5H3. The Morgan fingerprint density at radius 1 is 1.20 bits per heavy atom. The van der Waals surface area contributed by atoms with Gasteiger partial charge in [-0.25, -0.2) is 0 Å². The van der Waals surface area contributed by atoms with Crippen molar-refractivity contribution in [3.63, 3.8) is 0 Å².